The van der Waals surface area contributed by atoms with Gasteiger partial charge >= 0.3 is 6.09 Å². The minimum atomic E-state index is -0.910. The van der Waals surface area contributed by atoms with E-state index in [-0.39, 0.29) is 35.1 Å². The Labute approximate surface area is 258 Å². The Bertz CT molecular complexity index is 1390. The maximum absolute atomic E-state index is 15.5. The lowest BCUT2D eigenvalue weighted by atomic mass is 9.86. The number of halogens is 1. The Morgan fingerprint density at radius 3 is 2.49 bits per heavy atom. The molecular weight excluding hydrogens is 563 g/mol. The Kier molecular flexibility index (Phi) is 11.4. The fourth-order valence-electron chi connectivity index (χ4n) is 5.19. The van der Waals surface area contributed by atoms with Gasteiger partial charge in [-0.1, -0.05) is 88.7 Å². The van der Waals surface area contributed by atoms with Gasteiger partial charge in [-0.05, 0) is 52.6 Å². The molecule has 1 fully saturated rings. The topological polar surface area (TPSA) is 87.7 Å². The van der Waals surface area contributed by atoms with Gasteiger partial charge in [0.15, 0.2) is 5.78 Å². The van der Waals surface area contributed by atoms with Crippen molar-refractivity contribution in [2.75, 3.05) is 16.8 Å². The second-order valence-corrected chi connectivity index (χ2v) is 13.3. The van der Waals surface area contributed by atoms with Crippen LogP contribution in [-0.2, 0) is 29.7 Å². The number of benzene rings is 3. The van der Waals surface area contributed by atoms with Gasteiger partial charge in [0, 0.05) is 29.7 Å². The number of aliphatic hydroxyl groups is 1. The van der Waals surface area contributed by atoms with E-state index in [4.69, 9.17) is 4.74 Å². The van der Waals surface area contributed by atoms with E-state index in [1.54, 1.807) is 17.8 Å². The van der Waals surface area contributed by atoms with Crippen molar-refractivity contribution >= 4 is 29.3 Å². The molecule has 43 heavy (non-hydrogen) atoms. The molecule has 0 aromatic heterocycles. The summed E-state index contributed by atoms with van der Waals surface area (Å²) in [6.07, 6.45) is 0.437. The highest BCUT2D eigenvalue weighted by Crippen LogP contribution is 2.31. The molecule has 3 aromatic rings. The number of rotatable bonds is 11. The molecule has 3 N–H and O–H groups in total. The van der Waals surface area contributed by atoms with Crippen LogP contribution in [0, 0.1) is 11.7 Å². The molecule has 6 nitrogen and oxygen atoms in total. The van der Waals surface area contributed by atoms with Crippen molar-refractivity contribution in [3.63, 3.8) is 0 Å². The summed E-state index contributed by atoms with van der Waals surface area (Å²) in [6.45, 7) is 9.18. The zero-order valence-corrected chi connectivity index (χ0v) is 26.3. The Balaban J connectivity index is 1.45. The summed E-state index contributed by atoms with van der Waals surface area (Å²) in [5.74, 6) is -0.537. The maximum Gasteiger partial charge on any atom is 0.412 e. The second kappa shape index (κ2) is 15.0. The van der Waals surface area contributed by atoms with E-state index >= 15 is 4.39 Å². The number of hydrogen-bond acceptors (Lipinski definition) is 6. The molecule has 230 valence electrons. The number of unbranched alkanes of at least 4 members (excludes halogenated alkanes) is 1. The zero-order valence-electron chi connectivity index (χ0n) is 25.5. The number of carbonyl (C=O) groups is 2. The lowest BCUT2D eigenvalue weighted by Gasteiger charge is -2.34. The maximum atomic E-state index is 15.5. The number of amides is 1. The second-order valence-electron chi connectivity index (χ2n) is 12.2. The van der Waals surface area contributed by atoms with Crippen LogP contribution in [0.3, 0.4) is 0 Å². The van der Waals surface area contributed by atoms with Crippen LogP contribution in [0.15, 0.2) is 66.7 Å². The van der Waals surface area contributed by atoms with Crippen molar-refractivity contribution in [1.82, 2.24) is 5.32 Å². The fourth-order valence-corrected chi connectivity index (χ4v) is 6.50. The van der Waals surface area contributed by atoms with Crippen LogP contribution >= 0.6 is 11.8 Å². The van der Waals surface area contributed by atoms with Crippen molar-refractivity contribution in [2.24, 2.45) is 5.92 Å². The Morgan fingerprint density at radius 2 is 1.77 bits per heavy atom. The van der Waals surface area contributed by atoms with Crippen LogP contribution in [0.4, 0.5) is 14.9 Å². The van der Waals surface area contributed by atoms with E-state index < -0.39 is 23.9 Å². The number of nitrogens with one attached hydrogen (secondary N) is 2. The summed E-state index contributed by atoms with van der Waals surface area (Å²) >= 11 is 1.61. The minimum Gasteiger partial charge on any atom is -0.444 e. The first-order valence-electron chi connectivity index (χ1n) is 15.0. The van der Waals surface area contributed by atoms with Crippen molar-refractivity contribution in [2.45, 2.75) is 77.7 Å². The number of aryl methyl sites for hydroxylation is 1. The molecule has 0 spiro atoms. The zero-order chi connectivity index (χ0) is 31.0. The Morgan fingerprint density at radius 1 is 1.02 bits per heavy atom. The van der Waals surface area contributed by atoms with Crippen LogP contribution in [0.5, 0.6) is 0 Å². The quantitative estimate of drug-likeness (QED) is 0.199. The summed E-state index contributed by atoms with van der Waals surface area (Å²) < 4.78 is 20.8. The van der Waals surface area contributed by atoms with E-state index in [1.807, 2.05) is 43.3 Å². The number of ether oxygens (including phenoxy) is 1. The minimum absolute atomic E-state index is 0.0265. The molecule has 1 amide bonds. The number of ketones is 1. The van der Waals surface area contributed by atoms with Crippen LogP contribution in [0.1, 0.15) is 73.1 Å². The third-order valence-electron chi connectivity index (χ3n) is 7.81. The number of thioether (sulfide) groups is 1. The first-order valence-corrected chi connectivity index (χ1v) is 16.1. The van der Waals surface area contributed by atoms with Gasteiger partial charge in [0.2, 0.25) is 0 Å². The molecule has 0 bridgehead atoms. The van der Waals surface area contributed by atoms with Gasteiger partial charge in [0.1, 0.15) is 12.4 Å². The van der Waals surface area contributed by atoms with Gasteiger partial charge in [-0.3, -0.25) is 10.1 Å². The highest BCUT2D eigenvalue weighted by molar-refractivity contribution is 7.99. The van der Waals surface area contributed by atoms with Crippen molar-refractivity contribution in [3.8, 4) is 0 Å². The molecule has 4 rings (SSSR count). The largest absolute Gasteiger partial charge is 0.444 e. The molecule has 1 saturated heterocycles. The number of carbonyl (C=O) groups excluding carboxylic acids is 2. The standard InChI is InChI=1S/C35H43FN2O4S/c1-5-6-14-25-17-26(18-29(36)31(25)38-34(41)42-20-23-11-8-7-9-12-23)32(39)28-21-43-22-30(33(28)40)37-19-24-13-10-15-27(16-24)35(2,3)4/h7-13,15-18,28,30,33,37,40H,5-6,14,19-22H2,1-4H3,(H,38,41)/t28-,30+,33+/m1/s1. The first-order chi connectivity index (χ1) is 20.6. The van der Waals surface area contributed by atoms with Gasteiger partial charge in [-0.2, -0.15) is 11.8 Å². The lowest BCUT2D eigenvalue weighted by molar-refractivity contribution is 0.0595. The van der Waals surface area contributed by atoms with E-state index in [0.717, 1.165) is 30.0 Å². The van der Waals surface area contributed by atoms with Gasteiger partial charge < -0.3 is 15.2 Å². The molecule has 1 heterocycles. The fraction of sp³-hybridized carbons (Fsp3) is 0.429. The summed E-state index contributed by atoms with van der Waals surface area (Å²) in [5, 5.41) is 17.3. The van der Waals surface area contributed by atoms with E-state index in [2.05, 4.69) is 49.6 Å². The van der Waals surface area contributed by atoms with Crippen molar-refractivity contribution < 1.29 is 23.8 Å². The highest BCUT2D eigenvalue weighted by atomic mass is 32.2. The molecule has 0 unspecified atom stereocenters. The number of aliphatic hydroxyl groups excluding tert-OH is 1. The SMILES string of the molecule is CCCCc1cc(C(=O)[C@H]2CSC[C@H](NCc3cccc(C(C)(C)C)c3)[C@H]2O)cc(F)c1NC(=O)OCc1ccccc1. The van der Waals surface area contributed by atoms with Crippen LogP contribution in [-0.4, -0.2) is 40.6 Å². The van der Waals surface area contributed by atoms with Crippen LogP contribution in [0.25, 0.3) is 0 Å². The first kappa shape index (κ1) is 32.7. The summed E-state index contributed by atoms with van der Waals surface area (Å²) in [5.41, 5.74) is 3.97. The molecule has 1 aliphatic rings. The Hall–Kier alpha value is -3.20. The van der Waals surface area contributed by atoms with E-state index in [9.17, 15) is 14.7 Å². The van der Waals surface area contributed by atoms with E-state index in [0.29, 0.717) is 30.0 Å². The normalized spacial score (nSPS) is 18.7. The van der Waals surface area contributed by atoms with Crippen molar-refractivity contribution in [1.29, 1.82) is 0 Å². The third-order valence-corrected chi connectivity index (χ3v) is 9.00. The van der Waals surface area contributed by atoms with Crippen LogP contribution in [0.2, 0.25) is 0 Å². The molecule has 3 aromatic carbocycles. The smallest absolute Gasteiger partial charge is 0.412 e. The average molecular weight is 607 g/mol. The lowest BCUT2D eigenvalue weighted by Crippen LogP contribution is -2.51. The van der Waals surface area contributed by atoms with E-state index in [1.165, 1.54) is 5.56 Å². The van der Waals surface area contributed by atoms with Gasteiger partial charge in [-0.15, -0.1) is 0 Å². The molecule has 0 radical (unpaired) electrons. The molecular formula is C35H43FN2O4S. The van der Waals surface area contributed by atoms with Crippen molar-refractivity contribution in [3.05, 3.63) is 100 Å². The van der Waals surface area contributed by atoms with Crippen LogP contribution < -0.4 is 10.6 Å². The molecule has 0 saturated carbocycles. The third kappa shape index (κ3) is 8.91. The molecule has 8 heteroatoms. The summed E-state index contributed by atoms with van der Waals surface area (Å²) in [4.78, 5) is 26.2. The monoisotopic (exact) mass is 606 g/mol. The van der Waals surface area contributed by atoms with Gasteiger partial charge in [0.05, 0.1) is 17.7 Å². The molecule has 1 aliphatic heterocycles. The molecule has 3 atom stereocenters. The molecule has 0 aliphatic carbocycles. The predicted octanol–water partition coefficient (Wildman–Crippen LogP) is 7.28. The van der Waals surface area contributed by atoms with Gasteiger partial charge in [-0.25, -0.2) is 9.18 Å². The average Bonchev–Trinajstić information content (AvgIpc) is 2.99. The number of anilines is 1. The number of hydrogen-bond donors (Lipinski definition) is 3. The number of Topliss-reactive ketones (excluding diaryl/α,β-unsaturated/α-hetero) is 1. The predicted molar refractivity (Wildman–Crippen MR) is 172 cm³/mol. The summed E-state index contributed by atoms with van der Waals surface area (Å²) in [6, 6.07) is 20.2. The summed E-state index contributed by atoms with van der Waals surface area (Å²) in [7, 11) is 0. The van der Waals surface area contributed by atoms with Gasteiger partial charge in [0.25, 0.3) is 0 Å². The highest BCUT2D eigenvalue weighted by Gasteiger charge is 2.37.